The largest absolute Gasteiger partial charge is 0.495 e. The van der Waals surface area contributed by atoms with Crippen molar-refractivity contribution in [2.24, 2.45) is 0 Å². The first-order valence-electron chi connectivity index (χ1n) is 5.81. The maximum absolute atomic E-state index is 11.6. The van der Waals surface area contributed by atoms with Crippen LogP contribution < -0.4 is 4.74 Å². The van der Waals surface area contributed by atoms with Gasteiger partial charge >= 0.3 is 0 Å². The van der Waals surface area contributed by atoms with Gasteiger partial charge in [-0.25, -0.2) is 13.4 Å². The van der Waals surface area contributed by atoms with E-state index in [0.29, 0.717) is 11.3 Å². The molecule has 0 amide bonds. The Bertz CT molecular complexity index is 878. The molecular weight excluding hydrogens is 296 g/mol. The Labute approximate surface area is 120 Å². The monoisotopic (exact) mass is 308 g/mol. The van der Waals surface area contributed by atoms with Crippen LogP contribution in [-0.2, 0) is 9.84 Å². The Morgan fingerprint density at radius 2 is 2.10 bits per heavy atom. The Hall–Kier alpha value is -1.86. The molecule has 0 spiro atoms. The fourth-order valence-electron chi connectivity index (χ4n) is 1.96. The van der Waals surface area contributed by atoms with Gasteiger partial charge in [0.25, 0.3) is 0 Å². The third kappa shape index (κ3) is 2.19. The summed E-state index contributed by atoms with van der Waals surface area (Å²) in [6, 6.07) is 6.73. The summed E-state index contributed by atoms with van der Waals surface area (Å²) < 4.78 is 28.4. The molecule has 1 N–H and O–H groups in total. The lowest BCUT2D eigenvalue weighted by molar-refractivity contribution is 0.418. The first-order chi connectivity index (χ1) is 9.49. The summed E-state index contributed by atoms with van der Waals surface area (Å²) in [5.41, 5.74) is 1.42. The SMILES string of the molecule is COc1ccsc1-c1nc2ccc(S(C)(=O)=O)cc2[nH]1. The van der Waals surface area contributed by atoms with E-state index in [2.05, 4.69) is 9.97 Å². The number of rotatable bonds is 3. The van der Waals surface area contributed by atoms with Crippen molar-refractivity contribution >= 4 is 32.2 Å². The average Bonchev–Trinajstić information content (AvgIpc) is 3.02. The quantitative estimate of drug-likeness (QED) is 0.807. The van der Waals surface area contributed by atoms with Gasteiger partial charge in [0.2, 0.25) is 0 Å². The topological polar surface area (TPSA) is 72.0 Å². The lowest BCUT2D eigenvalue weighted by Gasteiger charge is -1.97. The van der Waals surface area contributed by atoms with Crippen molar-refractivity contribution in [2.45, 2.75) is 4.90 Å². The number of fused-ring (bicyclic) bond motifs is 1. The Morgan fingerprint density at radius 1 is 1.30 bits per heavy atom. The molecular formula is C13H12N2O3S2. The molecule has 2 aromatic heterocycles. The number of imidazole rings is 1. The van der Waals surface area contributed by atoms with Crippen LogP contribution in [0.1, 0.15) is 0 Å². The predicted molar refractivity (Wildman–Crippen MR) is 79.1 cm³/mol. The number of nitrogens with one attached hydrogen (secondary N) is 1. The Morgan fingerprint density at radius 3 is 2.80 bits per heavy atom. The third-order valence-corrected chi connectivity index (χ3v) is 4.96. The van der Waals surface area contributed by atoms with Crippen molar-refractivity contribution < 1.29 is 13.2 Å². The molecule has 0 aliphatic rings. The van der Waals surface area contributed by atoms with E-state index >= 15 is 0 Å². The predicted octanol–water partition coefficient (Wildman–Crippen LogP) is 2.70. The second-order valence-corrected chi connectivity index (χ2v) is 7.29. The third-order valence-electron chi connectivity index (χ3n) is 2.95. The van der Waals surface area contributed by atoms with Crippen LogP contribution in [0, 0.1) is 0 Å². The van der Waals surface area contributed by atoms with E-state index in [1.165, 1.54) is 17.6 Å². The van der Waals surface area contributed by atoms with Crippen LogP contribution in [0.5, 0.6) is 5.75 Å². The number of aromatic amines is 1. The lowest BCUT2D eigenvalue weighted by Crippen LogP contribution is -1.96. The number of ether oxygens (including phenoxy) is 1. The number of H-pyrrole nitrogens is 1. The molecule has 5 nitrogen and oxygen atoms in total. The summed E-state index contributed by atoms with van der Waals surface area (Å²) >= 11 is 1.52. The van der Waals surface area contributed by atoms with E-state index in [-0.39, 0.29) is 4.90 Å². The van der Waals surface area contributed by atoms with Crippen LogP contribution in [0.4, 0.5) is 0 Å². The maximum atomic E-state index is 11.6. The average molecular weight is 308 g/mol. The van der Waals surface area contributed by atoms with Crippen molar-refractivity contribution in [3.8, 4) is 16.5 Å². The molecule has 2 heterocycles. The summed E-state index contributed by atoms with van der Waals surface area (Å²) in [4.78, 5) is 8.78. The van der Waals surface area contributed by atoms with E-state index in [0.717, 1.165) is 16.1 Å². The van der Waals surface area contributed by atoms with E-state index in [1.807, 2.05) is 11.4 Å². The normalized spacial score (nSPS) is 11.9. The molecule has 1 aromatic carbocycles. The molecule has 3 aromatic rings. The highest BCUT2D eigenvalue weighted by atomic mass is 32.2. The minimum absolute atomic E-state index is 0.276. The zero-order valence-electron chi connectivity index (χ0n) is 10.9. The second-order valence-electron chi connectivity index (χ2n) is 4.35. The number of benzene rings is 1. The zero-order valence-corrected chi connectivity index (χ0v) is 12.5. The molecule has 20 heavy (non-hydrogen) atoms. The van der Waals surface area contributed by atoms with Gasteiger partial charge in [-0.05, 0) is 29.6 Å². The van der Waals surface area contributed by atoms with Crippen LogP contribution in [0.15, 0.2) is 34.5 Å². The Kier molecular flexibility index (Phi) is 3.02. The van der Waals surface area contributed by atoms with Crippen molar-refractivity contribution in [1.82, 2.24) is 9.97 Å². The Balaban J connectivity index is 2.16. The minimum atomic E-state index is -3.22. The van der Waals surface area contributed by atoms with E-state index in [9.17, 15) is 8.42 Å². The van der Waals surface area contributed by atoms with Crippen LogP contribution in [0.2, 0.25) is 0 Å². The van der Waals surface area contributed by atoms with Crippen molar-refractivity contribution in [2.75, 3.05) is 13.4 Å². The number of methoxy groups -OCH3 is 1. The summed E-state index contributed by atoms with van der Waals surface area (Å²) in [6.45, 7) is 0. The van der Waals surface area contributed by atoms with Crippen LogP contribution in [0.25, 0.3) is 21.7 Å². The first-order valence-corrected chi connectivity index (χ1v) is 8.58. The van der Waals surface area contributed by atoms with Crippen LogP contribution in [0.3, 0.4) is 0 Å². The van der Waals surface area contributed by atoms with Gasteiger partial charge in [-0.2, -0.15) is 0 Å². The fourth-order valence-corrected chi connectivity index (χ4v) is 3.41. The molecule has 0 saturated heterocycles. The van der Waals surface area contributed by atoms with Gasteiger partial charge in [-0.1, -0.05) is 0 Å². The molecule has 104 valence electrons. The van der Waals surface area contributed by atoms with Gasteiger partial charge in [0, 0.05) is 6.26 Å². The van der Waals surface area contributed by atoms with Gasteiger partial charge < -0.3 is 9.72 Å². The van der Waals surface area contributed by atoms with Gasteiger partial charge in [0.1, 0.15) is 10.6 Å². The number of sulfone groups is 1. The van der Waals surface area contributed by atoms with Gasteiger partial charge in [0.05, 0.1) is 23.0 Å². The summed E-state index contributed by atoms with van der Waals surface area (Å²) in [6.07, 6.45) is 1.19. The van der Waals surface area contributed by atoms with Gasteiger partial charge in [-0.3, -0.25) is 0 Å². The zero-order chi connectivity index (χ0) is 14.3. The molecule has 0 unspecified atom stereocenters. The number of nitrogens with zero attached hydrogens (tertiary/aromatic N) is 1. The van der Waals surface area contributed by atoms with E-state index < -0.39 is 9.84 Å². The fraction of sp³-hybridized carbons (Fsp3) is 0.154. The smallest absolute Gasteiger partial charge is 0.175 e. The number of aromatic nitrogens is 2. The molecule has 3 rings (SSSR count). The molecule has 0 saturated carbocycles. The number of hydrogen-bond acceptors (Lipinski definition) is 5. The highest BCUT2D eigenvalue weighted by Crippen LogP contribution is 2.34. The molecule has 0 aliphatic carbocycles. The van der Waals surface area contributed by atoms with Gasteiger partial charge in [-0.15, -0.1) is 11.3 Å². The molecule has 0 radical (unpaired) electrons. The minimum Gasteiger partial charge on any atom is -0.495 e. The summed E-state index contributed by atoms with van der Waals surface area (Å²) in [5, 5.41) is 1.92. The van der Waals surface area contributed by atoms with E-state index in [4.69, 9.17) is 4.74 Å². The maximum Gasteiger partial charge on any atom is 0.175 e. The highest BCUT2D eigenvalue weighted by Gasteiger charge is 2.14. The van der Waals surface area contributed by atoms with Crippen molar-refractivity contribution in [3.63, 3.8) is 0 Å². The number of hydrogen-bond donors (Lipinski definition) is 1. The second kappa shape index (κ2) is 4.60. The molecule has 0 bridgehead atoms. The van der Waals surface area contributed by atoms with Gasteiger partial charge in [0.15, 0.2) is 15.7 Å². The van der Waals surface area contributed by atoms with Crippen LogP contribution >= 0.6 is 11.3 Å². The standard InChI is InChI=1S/C13H12N2O3S2/c1-18-11-5-6-19-12(11)13-14-9-4-3-8(20(2,16)17)7-10(9)15-13/h3-7H,1-2H3,(H,14,15). The molecule has 7 heteroatoms. The van der Waals surface area contributed by atoms with Crippen molar-refractivity contribution in [1.29, 1.82) is 0 Å². The molecule has 0 aliphatic heterocycles. The number of thiophene rings is 1. The van der Waals surface area contributed by atoms with Crippen molar-refractivity contribution in [3.05, 3.63) is 29.6 Å². The lowest BCUT2D eigenvalue weighted by atomic mass is 10.3. The van der Waals surface area contributed by atoms with Crippen LogP contribution in [-0.4, -0.2) is 31.8 Å². The summed E-state index contributed by atoms with van der Waals surface area (Å²) in [7, 11) is -1.61. The highest BCUT2D eigenvalue weighted by molar-refractivity contribution is 7.90. The first kappa shape index (κ1) is 13.1. The van der Waals surface area contributed by atoms with E-state index in [1.54, 1.807) is 25.3 Å². The molecule has 0 fully saturated rings. The summed E-state index contributed by atoms with van der Waals surface area (Å²) in [5.74, 6) is 1.43. The molecule has 0 atom stereocenters.